The van der Waals surface area contributed by atoms with E-state index in [-0.39, 0.29) is 23.7 Å². The van der Waals surface area contributed by atoms with Crippen LogP contribution in [0.2, 0.25) is 0 Å². The standard InChI is InChI=1S/C13H19FO4S/c1-9(2)19(16,17)7-6-18-11-4-5-12(10(3)15)13(14)8-11/h4-5,8-10,15H,6-7H2,1-3H3/t10-/m1/s1. The van der Waals surface area contributed by atoms with E-state index in [9.17, 15) is 17.9 Å². The van der Waals surface area contributed by atoms with Crippen molar-refractivity contribution in [2.24, 2.45) is 0 Å². The Labute approximate surface area is 113 Å². The molecule has 0 fully saturated rings. The van der Waals surface area contributed by atoms with E-state index in [2.05, 4.69) is 0 Å². The first-order chi connectivity index (χ1) is 8.74. The van der Waals surface area contributed by atoms with Crippen LogP contribution in [0, 0.1) is 5.82 Å². The molecule has 6 heteroatoms. The van der Waals surface area contributed by atoms with E-state index in [1.807, 2.05) is 0 Å². The second-order valence-electron chi connectivity index (χ2n) is 4.62. The Morgan fingerprint density at radius 3 is 2.42 bits per heavy atom. The van der Waals surface area contributed by atoms with Crippen molar-refractivity contribution in [2.75, 3.05) is 12.4 Å². The fourth-order valence-corrected chi connectivity index (χ4v) is 2.23. The Hall–Kier alpha value is -1.14. The molecule has 108 valence electrons. The van der Waals surface area contributed by atoms with E-state index in [0.29, 0.717) is 0 Å². The number of hydrogen-bond donors (Lipinski definition) is 1. The molecule has 0 heterocycles. The molecular weight excluding hydrogens is 271 g/mol. The van der Waals surface area contributed by atoms with Crippen molar-refractivity contribution >= 4 is 9.84 Å². The first-order valence-electron chi connectivity index (χ1n) is 6.06. The molecular formula is C13H19FO4S. The molecule has 0 spiro atoms. The van der Waals surface area contributed by atoms with Crippen molar-refractivity contribution in [2.45, 2.75) is 32.1 Å². The van der Waals surface area contributed by atoms with Gasteiger partial charge in [0.2, 0.25) is 0 Å². The fourth-order valence-electron chi connectivity index (χ4n) is 1.45. The minimum Gasteiger partial charge on any atom is -0.492 e. The molecule has 0 amide bonds. The molecule has 4 nitrogen and oxygen atoms in total. The molecule has 0 aliphatic carbocycles. The van der Waals surface area contributed by atoms with Crippen molar-refractivity contribution in [3.8, 4) is 5.75 Å². The van der Waals surface area contributed by atoms with E-state index >= 15 is 0 Å². The summed E-state index contributed by atoms with van der Waals surface area (Å²) in [4.78, 5) is 0. The number of rotatable bonds is 6. The van der Waals surface area contributed by atoms with Gasteiger partial charge in [0.25, 0.3) is 0 Å². The minimum atomic E-state index is -3.16. The van der Waals surface area contributed by atoms with Gasteiger partial charge in [-0.05, 0) is 32.9 Å². The zero-order valence-corrected chi connectivity index (χ0v) is 12.1. The molecule has 19 heavy (non-hydrogen) atoms. The molecule has 0 aromatic heterocycles. The number of halogens is 1. The number of ether oxygens (including phenoxy) is 1. The molecule has 1 atom stereocenters. The zero-order chi connectivity index (χ0) is 14.6. The third kappa shape index (κ3) is 4.47. The lowest BCUT2D eigenvalue weighted by Gasteiger charge is -2.11. The number of hydrogen-bond acceptors (Lipinski definition) is 4. The van der Waals surface area contributed by atoms with Crippen molar-refractivity contribution in [1.82, 2.24) is 0 Å². The first kappa shape index (κ1) is 15.9. The van der Waals surface area contributed by atoms with E-state index in [1.165, 1.54) is 19.1 Å². The highest BCUT2D eigenvalue weighted by Crippen LogP contribution is 2.21. The summed E-state index contributed by atoms with van der Waals surface area (Å²) >= 11 is 0. The van der Waals surface area contributed by atoms with Crippen molar-refractivity contribution in [1.29, 1.82) is 0 Å². The Bertz CT molecular complexity index is 523. The predicted molar refractivity (Wildman–Crippen MR) is 71.5 cm³/mol. The van der Waals surface area contributed by atoms with Crippen LogP contribution in [-0.2, 0) is 9.84 Å². The van der Waals surface area contributed by atoms with Gasteiger partial charge >= 0.3 is 0 Å². The van der Waals surface area contributed by atoms with Crippen LogP contribution in [0.1, 0.15) is 32.4 Å². The molecule has 0 unspecified atom stereocenters. The Kier molecular flexibility index (Phi) is 5.31. The Morgan fingerprint density at radius 2 is 1.95 bits per heavy atom. The maximum Gasteiger partial charge on any atom is 0.155 e. The van der Waals surface area contributed by atoms with Crippen LogP contribution < -0.4 is 4.74 Å². The summed E-state index contributed by atoms with van der Waals surface area (Å²) in [6.07, 6.45) is -0.893. The molecule has 0 radical (unpaired) electrons. The highest BCUT2D eigenvalue weighted by molar-refractivity contribution is 7.91. The highest BCUT2D eigenvalue weighted by atomic mass is 32.2. The molecule has 1 aromatic carbocycles. The summed E-state index contributed by atoms with van der Waals surface area (Å²) < 4.78 is 41.8. The maximum absolute atomic E-state index is 13.5. The molecule has 0 bridgehead atoms. The molecule has 0 saturated heterocycles. The minimum absolute atomic E-state index is 0.0199. The number of benzene rings is 1. The van der Waals surface area contributed by atoms with Gasteiger partial charge < -0.3 is 9.84 Å². The average Bonchev–Trinajstić information content (AvgIpc) is 2.28. The molecule has 0 aliphatic rings. The van der Waals surface area contributed by atoms with Crippen LogP contribution in [0.15, 0.2) is 18.2 Å². The van der Waals surface area contributed by atoms with E-state index in [4.69, 9.17) is 4.74 Å². The average molecular weight is 290 g/mol. The Morgan fingerprint density at radius 1 is 1.32 bits per heavy atom. The highest BCUT2D eigenvalue weighted by Gasteiger charge is 2.16. The van der Waals surface area contributed by atoms with Gasteiger partial charge in [-0.1, -0.05) is 0 Å². The van der Waals surface area contributed by atoms with Crippen LogP contribution in [0.3, 0.4) is 0 Å². The molecule has 1 N–H and O–H groups in total. The molecule has 0 aliphatic heterocycles. The van der Waals surface area contributed by atoms with Gasteiger partial charge in [0.15, 0.2) is 9.84 Å². The maximum atomic E-state index is 13.5. The monoisotopic (exact) mass is 290 g/mol. The van der Waals surface area contributed by atoms with E-state index in [1.54, 1.807) is 13.8 Å². The van der Waals surface area contributed by atoms with Crippen molar-refractivity contribution < 1.29 is 22.7 Å². The second kappa shape index (κ2) is 6.34. The van der Waals surface area contributed by atoms with Gasteiger partial charge in [0.05, 0.1) is 17.1 Å². The first-order valence-corrected chi connectivity index (χ1v) is 7.77. The van der Waals surface area contributed by atoms with Crippen molar-refractivity contribution in [3.05, 3.63) is 29.6 Å². The summed E-state index contributed by atoms with van der Waals surface area (Å²) in [5.74, 6) is -0.426. The number of sulfone groups is 1. The summed E-state index contributed by atoms with van der Waals surface area (Å²) in [6.45, 7) is 4.65. The van der Waals surface area contributed by atoms with Crippen LogP contribution in [0.25, 0.3) is 0 Å². The van der Waals surface area contributed by atoms with Gasteiger partial charge in [0.1, 0.15) is 18.2 Å². The summed E-state index contributed by atoms with van der Waals surface area (Å²) in [7, 11) is -3.16. The summed E-state index contributed by atoms with van der Waals surface area (Å²) in [5.41, 5.74) is 0.183. The molecule has 1 rings (SSSR count). The van der Waals surface area contributed by atoms with E-state index < -0.39 is 27.0 Å². The summed E-state index contributed by atoms with van der Waals surface area (Å²) in [6, 6.07) is 4.07. The number of aliphatic hydroxyl groups excluding tert-OH is 1. The molecule has 0 saturated carbocycles. The smallest absolute Gasteiger partial charge is 0.155 e. The largest absolute Gasteiger partial charge is 0.492 e. The second-order valence-corrected chi connectivity index (χ2v) is 7.30. The fraction of sp³-hybridized carbons (Fsp3) is 0.538. The summed E-state index contributed by atoms with van der Waals surface area (Å²) in [5, 5.41) is 8.83. The molecule has 1 aromatic rings. The number of aliphatic hydroxyl groups is 1. The van der Waals surface area contributed by atoms with Crippen LogP contribution in [0.4, 0.5) is 4.39 Å². The predicted octanol–water partition coefficient (Wildman–Crippen LogP) is 2.08. The topological polar surface area (TPSA) is 63.6 Å². The normalized spacial score (nSPS) is 13.6. The third-order valence-electron chi connectivity index (χ3n) is 2.78. The van der Waals surface area contributed by atoms with Gasteiger partial charge in [-0.15, -0.1) is 0 Å². The van der Waals surface area contributed by atoms with Crippen LogP contribution >= 0.6 is 0 Å². The lowest BCUT2D eigenvalue weighted by atomic mass is 10.1. The lowest BCUT2D eigenvalue weighted by molar-refractivity contribution is 0.194. The van der Waals surface area contributed by atoms with Gasteiger partial charge in [-0.2, -0.15) is 0 Å². The van der Waals surface area contributed by atoms with Gasteiger partial charge in [0, 0.05) is 11.6 Å². The zero-order valence-electron chi connectivity index (χ0n) is 11.3. The Balaban J connectivity index is 2.63. The lowest BCUT2D eigenvalue weighted by Crippen LogP contribution is -2.22. The quantitative estimate of drug-likeness (QED) is 0.871. The van der Waals surface area contributed by atoms with Gasteiger partial charge in [-0.25, -0.2) is 12.8 Å². The van der Waals surface area contributed by atoms with Crippen LogP contribution in [0.5, 0.6) is 5.75 Å². The van der Waals surface area contributed by atoms with Gasteiger partial charge in [-0.3, -0.25) is 0 Å². The SMILES string of the molecule is CC(C)S(=O)(=O)CCOc1ccc([C@@H](C)O)c(F)c1. The van der Waals surface area contributed by atoms with Crippen molar-refractivity contribution in [3.63, 3.8) is 0 Å². The van der Waals surface area contributed by atoms with E-state index in [0.717, 1.165) is 6.07 Å². The van der Waals surface area contributed by atoms with Crippen LogP contribution in [-0.4, -0.2) is 31.1 Å². The third-order valence-corrected chi connectivity index (χ3v) is 4.95.